The van der Waals surface area contributed by atoms with E-state index in [1.165, 1.54) is 0 Å². The number of rotatable bonds is 4. The highest BCUT2D eigenvalue weighted by molar-refractivity contribution is 4.75. The second-order valence-corrected chi connectivity index (χ2v) is 3.68. The largest absolute Gasteiger partial charge is 0.394 e. The average molecular weight is 189 g/mol. The first-order valence-corrected chi connectivity index (χ1v) is 4.85. The third-order valence-corrected chi connectivity index (χ3v) is 2.47. The highest BCUT2D eigenvalue weighted by Gasteiger charge is 2.22. The summed E-state index contributed by atoms with van der Waals surface area (Å²) < 4.78 is 5.48. The van der Waals surface area contributed by atoms with Gasteiger partial charge in [-0.1, -0.05) is 6.92 Å². The van der Waals surface area contributed by atoms with Gasteiger partial charge in [-0.05, 0) is 18.9 Å². The Hall–Kier alpha value is -0.160. The van der Waals surface area contributed by atoms with E-state index < -0.39 is 6.10 Å². The summed E-state index contributed by atoms with van der Waals surface area (Å²) in [4.78, 5) is 0. The molecule has 78 valence electrons. The maximum atomic E-state index is 9.08. The molecule has 3 unspecified atom stereocenters. The molecule has 0 amide bonds. The van der Waals surface area contributed by atoms with Gasteiger partial charge in [0.25, 0.3) is 0 Å². The molecule has 13 heavy (non-hydrogen) atoms. The van der Waals surface area contributed by atoms with Gasteiger partial charge in [0.05, 0.1) is 19.3 Å². The Morgan fingerprint density at radius 2 is 2.38 bits per heavy atom. The van der Waals surface area contributed by atoms with E-state index in [1.807, 2.05) is 0 Å². The number of hydrogen-bond acceptors (Lipinski definition) is 4. The number of aliphatic hydroxyl groups is 2. The van der Waals surface area contributed by atoms with Gasteiger partial charge in [0.1, 0.15) is 6.10 Å². The van der Waals surface area contributed by atoms with Crippen molar-refractivity contribution in [3.63, 3.8) is 0 Å². The second-order valence-electron chi connectivity index (χ2n) is 3.68. The normalized spacial score (nSPS) is 31.6. The van der Waals surface area contributed by atoms with Crippen LogP contribution in [0.5, 0.6) is 0 Å². The summed E-state index contributed by atoms with van der Waals surface area (Å²) in [6.07, 6.45) is 0.545. The van der Waals surface area contributed by atoms with Gasteiger partial charge in [-0.15, -0.1) is 0 Å². The quantitative estimate of drug-likeness (QED) is 0.550. The van der Waals surface area contributed by atoms with Crippen LogP contribution in [0.4, 0.5) is 0 Å². The third kappa shape index (κ3) is 3.60. The molecule has 0 spiro atoms. The van der Waals surface area contributed by atoms with Gasteiger partial charge in [-0.3, -0.25) is 0 Å². The maximum absolute atomic E-state index is 9.08. The van der Waals surface area contributed by atoms with Gasteiger partial charge in [0, 0.05) is 6.54 Å². The molecule has 4 nitrogen and oxygen atoms in total. The lowest BCUT2D eigenvalue weighted by molar-refractivity contribution is -0.0524. The molecule has 1 aliphatic rings. The van der Waals surface area contributed by atoms with Gasteiger partial charge in [0.15, 0.2) is 0 Å². The molecule has 0 aromatic carbocycles. The molecule has 0 bridgehead atoms. The van der Waals surface area contributed by atoms with Gasteiger partial charge >= 0.3 is 0 Å². The van der Waals surface area contributed by atoms with Crippen molar-refractivity contribution in [2.24, 2.45) is 5.92 Å². The van der Waals surface area contributed by atoms with Gasteiger partial charge in [0.2, 0.25) is 0 Å². The molecular weight excluding hydrogens is 170 g/mol. The first-order chi connectivity index (χ1) is 6.24. The van der Waals surface area contributed by atoms with E-state index in [1.54, 1.807) is 0 Å². The lowest BCUT2D eigenvalue weighted by Gasteiger charge is -2.30. The van der Waals surface area contributed by atoms with Gasteiger partial charge in [-0.25, -0.2) is 0 Å². The standard InChI is InChI=1S/C9H19NO3/c1-7-2-3-10-4-9(7)13-6-8(12)5-11/h7-12H,2-6H2,1H3. The predicted molar refractivity (Wildman–Crippen MR) is 49.5 cm³/mol. The van der Waals surface area contributed by atoms with Crippen LogP contribution in [0.1, 0.15) is 13.3 Å². The number of hydrogen-bond donors (Lipinski definition) is 3. The molecular formula is C9H19NO3. The molecule has 3 atom stereocenters. The van der Waals surface area contributed by atoms with Crippen LogP contribution < -0.4 is 5.32 Å². The third-order valence-electron chi connectivity index (χ3n) is 2.47. The summed E-state index contributed by atoms with van der Waals surface area (Å²) >= 11 is 0. The zero-order valence-electron chi connectivity index (χ0n) is 8.07. The summed E-state index contributed by atoms with van der Waals surface area (Å²) in [6.45, 7) is 4.04. The van der Waals surface area contributed by atoms with Crippen molar-refractivity contribution in [1.82, 2.24) is 5.32 Å². The number of piperidine rings is 1. The monoisotopic (exact) mass is 189 g/mol. The topological polar surface area (TPSA) is 61.7 Å². The van der Waals surface area contributed by atoms with Gasteiger partial charge < -0.3 is 20.3 Å². The van der Waals surface area contributed by atoms with Crippen LogP contribution in [-0.4, -0.2) is 48.7 Å². The molecule has 4 heteroatoms. The maximum Gasteiger partial charge on any atom is 0.100 e. The molecule has 1 saturated heterocycles. The van der Waals surface area contributed by atoms with Crippen LogP contribution in [0.25, 0.3) is 0 Å². The Bertz CT molecular complexity index is 143. The van der Waals surface area contributed by atoms with E-state index in [2.05, 4.69) is 12.2 Å². The van der Waals surface area contributed by atoms with Crippen LogP contribution >= 0.6 is 0 Å². The molecule has 0 saturated carbocycles. The summed E-state index contributed by atoms with van der Waals surface area (Å²) in [5.41, 5.74) is 0. The fourth-order valence-corrected chi connectivity index (χ4v) is 1.47. The lowest BCUT2D eigenvalue weighted by Crippen LogP contribution is -2.42. The van der Waals surface area contributed by atoms with Crippen LogP contribution in [0.3, 0.4) is 0 Å². The molecule has 1 rings (SSSR count). The Labute approximate surface area is 78.9 Å². The first-order valence-electron chi connectivity index (χ1n) is 4.85. The predicted octanol–water partition coefficient (Wildman–Crippen LogP) is -0.646. The fraction of sp³-hybridized carbons (Fsp3) is 1.00. The molecule has 0 aromatic heterocycles. The molecule has 0 radical (unpaired) electrons. The van der Waals surface area contributed by atoms with Crippen LogP contribution in [0, 0.1) is 5.92 Å². The van der Waals surface area contributed by atoms with Gasteiger partial charge in [-0.2, -0.15) is 0 Å². The molecule has 0 aliphatic carbocycles. The number of aliphatic hydroxyl groups excluding tert-OH is 2. The van der Waals surface area contributed by atoms with E-state index in [0.717, 1.165) is 19.5 Å². The molecule has 1 fully saturated rings. The van der Waals surface area contributed by atoms with Crippen molar-refractivity contribution in [2.75, 3.05) is 26.3 Å². The summed E-state index contributed by atoms with van der Waals surface area (Å²) in [6, 6.07) is 0. The first kappa shape index (κ1) is 10.9. The number of nitrogens with one attached hydrogen (secondary N) is 1. The minimum absolute atomic E-state index is 0.176. The minimum atomic E-state index is -0.742. The van der Waals surface area contributed by atoms with Crippen molar-refractivity contribution in [3.05, 3.63) is 0 Å². The fourth-order valence-electron chi connectivity index (χ4n) is 1.47. The molecule has 1 heterocycles. The Morgan fingerprint density at radius 3 is 3.00 bits per heavy atom. The highest BCUT2D eigenvalue weighted by atomic mass is 16.5. The Morgan fingerprint density at radius 1 is 1.62 bits per heavy atom. The van der Waals surface area contributed by atoms with Crippen LogP contribution in [0.2, 0.25) is 0 Å². The van der Waals surface area contributed by atoms with Crippen LogP contribution in [0.15, 0.2) is 0 Å². The minimum Gasteiger partial charge on any atom is -0.394 e. The van der Waals surface area contributed by atoms with E-state index >= 15 is 0 Å². The van der Waals surface area contributed by atoms with Crippen molar-refractivity contribution in [1.29, 1.82) is 0 Å². The zero-order chi connectivity index (χ0) is 9.68. The summed E-state index contributed by atoms with van der Waals surface area (Å²) in [7, 11) is 0. The summed E-state index contributed by atoms with van der Waals surface area (Å²) in [5.74, 6) is 0.534. The van der Waals surface area contributed by atoms with E-state index in [0.29, 0.717) is 5.92 Å². The van der Waals surface area contributed by atoms with Crippen molar-refractivity contribution >= 4 is 0 Å². The van der Waals surface area contributed by atoms with Crippen molar-refractivity contribution in [3.8, 4) is 0 Å². The lowest BCUT2D eigenvalue weighted by atomic mass is 9.97. The molecule has 3 N–H and O–H groups in total. The van der Waals surface area contributed by atoms with Crippen molar-refractivity contribution in [2.45, 2.75) is 25.6 Å². The smallest absolute Gasteiger partial charge is 0.100 e. The second kappa shape index (κ2) is 5.54. The van der Waals surface area contributed by atoms with Crippen molar-refractivity contribution < 1.29 is 14.9 Å². The zero-order valence-corrected chi connectivity index (χ0v) is 8.07. The molecule has 1 aliphatic heterocycles. The Balaban J connectivity index is 2.18. The summed E-state index contributed by atoms with van der Waals surface area (Å²) in [5, 5.41) is 20.9. The van der Waals surface area contributed by atoms with E-state index in [9.17, 15) is 0 Å². The van der Waals surface area contributed by atoms with Crippen LogP contribution in [-0.2, 0) is 4.74 Å². The average Bonchev–Trinajstić information content (AvgIpc) is 2.16. The van der Waals surface area contributed by atoms with E-state index in [4.69, 9.17) is 14.9 Å². The number of ether oxygens (including phenoxy) is 1. The molecule has 0 aromatic rings. The highest BCUT2D eigenvalue weighted by Crippen LogP contribution is 2.14. The SMILES string of the molecule is CC1CCNCC1OCC(O)CO. The van der Waals surface area contributed by atoms with E-state index in [-0.39, 0.29) is 19.3 Å². The Kier molecular flexibility index (Phi) is 4.66.